The second-order valence-corrected chi connectivity index (χ2v) is 9.07. The molecule has 0 unspecified atom stereocenters. The van der Waals surface area contributed by atoms with Crippen LogP contribution in [0.2, 0.25) is 10.0 Å². The molecule has 1 aromatic heterocycles. The molecule has 5 rings (SSSR count). The highest BCUT2D eigenvalue weighted by Gasteiger charge is 2.35. The molecule has 3 aromatic carbocycles. The van der Waals surface area contributed by atoms with E-state index in [-0.39, 0.29) is 17.7 Å². The molecule has 32 heavy (non-hydrogen) atoms. The zero-order chi connectivity index (χ0) is 22.2. The number of nitrogens with zero attached hydrogens (tertiary/aromatic N) is 1. The van der Waals surface area contributed by atoms with Gasteiger partial charge in [-0.2, -0.15) is 0 Å². The highest BCUT2D eigenvalue weighted by Crippen LogP contribution is 2.36. The Hall–Kier alpha value is -2.99. The van der Waals surface area contributed by atoms with Crippen molar-refractivity contribution in [2.45, 2.75) is 6.54 Å². The molecule has 1 aliphatic heterocycles. The van der Waals surface area contributed by atoms with E-state index < -0.39 is 0 Å². The van der Waals surface area contributed by atoms with Crippen molar-refractivity contribution < 1.29 is 14.0 Å². The van der Waals surface area contributed by atoms with E-state index in [1.807, 2.05) is 42.5 Å². The van der Waals surface area contributed by atoms with E-state index in [0.29, 0.717) is 32.0 Å². The van der Waals surface area contributed by atoms with Crippen LogP contribution in [0.15, 0.2) is 82.1 Å². The van der Waals surface area contributed by atoms with Gasteiger partial charge >= 0.3 is 0 Å². The highest BCUT2D eigenvalue weighted by atomic mass is 35.5. The van der Waals surface area contributed by atoms with Crippen molar-refractivity contribution in [3.8, 4) is 11.3 Å². The number of thioether (sulfide) groups is 1. The van der Waals surface area contributed by atoms with Gasteiger partial charge in [0, 0.05) is 16.7 Å². The molecule has 1 aliphatic rings. The third-order valence-electron chi connectivity index (χ3n) is 5.18. The standard InChI is InChI=1S/C25H15Cl2NO3S/c26-17-8-10-20(21(27)12-17)22-11-9-18(31-22)13-23-24(29)28(25(30)32-23)14-16-6-3-5-15-4-1-2-7-19(15)16/h1-13H,14H2/b23-13+. The van der Waals surface area contributed by atoms with Gasteiger partial charge in [0.2, 0.25) is 0 Å². The molecule has 0 saturated carbocycles. The minimum Gasteiger partial charge on any atom is -0.457 e. The lowest BCUT2D eigenvalue weighted by Crippen LogP contribution is -2.27. The molecule has 0 aliphatic carbocycles. The summed E-state index contributed by atoms with van der Waals surface area (Å²) in [6.45, 7) is 0.215. The summed E-state index contributed by atoms with van der Waals surface area (Å²) in [7, 11) is 0. The van der Waals surface area contributed by atoms with Crippen LogP contribution in [0.4, 0.5) is 4.79 Å². The van der Waals surface area contributed by atoms with Gasteiger partial charge in [-0.25, -0.2) is 0 Å². The quantitative estimate of drug-likeness (QED) is 0.282. The number of amides is 2. The molecule has 1 fully saturated rings. The first kappa shape index (κ1) is 20.9. The van der Waals surface area contributed by atoms with Crippen LogP contribution < -0.4 is 0 Å². The molecule has 1 saturated heterocycles. The fourth-order valence-corrected chi connectivity index (χ4v) is 4.95. The number of furan rings is 1. The van der Waals surface area contributed by atoms with Gasteiger partial charge in [0.15, 0.2) is 0 Å². The van der Waals surface area contributed by atoms with E-state index >= 15 is 0 Å². The normalized spacial score (nSPS) is 15.3. The second kappa shape index (κ2) is 8.51. The van der Waals surface area contributed by atoms with Gasteiger partial charge < -0.3 is 4.42 Å². The number of carbonyl (C=O) groups excluding carboxylic acids is 2. The largest absolute Gasteiger partial charge is 0.457 e. The van der Waals surface area contributed by atoms with Crippen molar-refractivity contribution >= 4 is 63.0 Å². The minimum absolute atomic E-state index is 0.215. The average Bonchev–Trinajstić information content (AvgIpc) is 3.34. The van der Waals surface area contributed by atoms with Crippen molar-refractivity contribution in [1.82, 2.24) is 4.90 Å². The van der Waals surface area contributed by atoms with Crippen LogP contribution in [0.1, 0.15) is 11.3 Å². The first-order valence-electron chi connectivity index (χ1n) is 9.77. The monoisotopic (exact) mass is 479 g/mol. The van der Waals surface area contributed by atoms with E-state index in [2.05, 4.69) is 0 Å². The van der Waals surface area contributed by atoms with Crippen LogP contribution in [0.3, 0.4) is 0 Å². The number of benzene rings is 3. The van der Waals surface area contributed by atoms with Crippen molar-refractivity contribution in [3.05, 3.63) is 99.1 Å². The molecule has 7 heteroatoms. The number of hydrogen-bond acceptors (Lipinski definition) is 4. The van der Waals surface area contributed by atoms with Gasteiger partial charge in [0.1, 0.15) is 11.5 Å². The van der Waals surface area contributed by atoms with Crippen molar-refractivity contribution in [2.75, 3.05) is 0 Å². The number of halogens is 2. The number of hydrogen-bond donors (Lipinski definition) is 0. The number of imide groups is 1. The van der Waals surface area contributed by atoms with Crippen molar-refractivity contribution in [3.63, 3.8) is 0 Å². The van der Waals surface area contributed by atoms with Crippen molar-refractivity contribution in [1.29, 1.82) is 0 Å². The Bertz CT molecular complexity index is 1400. The van der Waals surface area contributed by atoms with Gasteiger partial charge in [0.25, 0.3) is 11.1 Å². The smallest absolute Gasteiger partial charge is 0.293 e. The van der Waals surface area contributed by atoms with Crippen LogP contribution in [0.25, 0.3) is 28.2 Å². The van der Waals surface area contributed by atoms with Crippen LogP contribution in [-0.2, 0) is 11.3 Å². The third kappa shape index (κ3) is 3.95. The zero-order valence-electron chi connectivity index (χ0n) is 16.5. The lowest BCUT2D eigenvalue weighted by Gasteiger charge is -2.14. The van der Waals surface area contributed by atoms with E-state index in [9.17, 15) is 9.59 Å². The van der Waals surface area contributed by atoms with Crippen LogP contribution in [0.5, 0.6) is 0 Å². The number of rotatable bonds is 4. The number of fused-ring (bicyclic) bond motifs is 1. The van der Waals surface area contributed by atoms with Gasteiger partial charge in [-0.1, -0.05) is 65.7 Å². The molecular weight excluding hydrogens is 465 g/mol. The minimum atomic E-state index is -0.338. The van der Waals surface area contributed by atoms with Gasteiger partial charge in [0.05, 0.1) is 16.5 Å². The summed E-state index contributed by atoms with van der Waals surface area (Å²) in [6.07, 6.45) is 1.58. The maximum absolute atomic E-state index is 13.0. The van der Waals surface area contributed by atoms with E-state index in [4.69, 9.17) is 27.6 Å². The fraction of sp³-hybridized carbons (Fsp3) is 0.0400. The molecule has 4 aromatic rings. The van der Waals surface area contributed by atoms with Gasteiger partial charge in [-0.15, -0.1) is 0 Å². The predicted octanol–water partition coefficient (Wildman–Crippen LogP) is 7.64. The maximum atomic E-state index is 13.0. The molecule has 0 spiro atoms. The predicted molar refractivity (Wildman–Crippen MR) is 130 cm³/mol. The fourth-order valence-electron chi connectivity index (χ4n) is 3.63. The Balaban J connectivity index is 1.40. The molecule has 0 N–H and O–H groups in total. The molecule has 4 nitrogen and oxygen atoms in total. The highest BCUT2D eigenvalue weighted by molar-refractivity contribution is 8.18. The Morgan fingerprint density at radius 2 is 1.75 bits per heavy atom. The molecule has 0 atom stereocenters. The zero-order valence-corrected chi connectivity index (χ0v) is 18.9. The molecule has 158 valence electrons. The van der Waals surface area contributed by atoms with E-state index in [0.717, 1.165) is 28.1 Å². The average molecular weight is 480 g/mol. The summed E-state index contributed by atoms with van der Waals surface area (Å²) in [5.41, 5.74) is 1.61. The van der Waals surface area contributed by atoms with E-state index in [1.165, 1.54) is 4.90 Å². The van der Waals surface area contributed by atoms with Crippen molar-refractivity contribution in [2.24, 2.45) is 0 Å². The lowest BCUT2D eigenvalue weighted by atomic mass is 10.0. The SMILES string of the molecule is O=C1S/C(=C/c2ccc(-c3ccc(Cl)cc3Cl)o2)C(=O)N1Cc1cccc2ccccc12. The molecule has 2 amide bonds. The number of carbonyl (C=O) groups is 2. The maximum Gasteiger partial charge on any atom is 0.293 e. The Morgan fingerprint density at radius 1 is 0.938 bits per heavy atom. The lowest BCUT2D eigenvalue weighted by molar-refractivity contribution is -0.123. The summed E-state index contributed by atoms with van der Waals surface area (Å²) in [5.74, 6) is 0.671. The molecule has 0 bridgehead atoms. The summed E-state index contributed by atoms with van der Waals surface area (Å²) in [5, 5.41) is 2.78. The summed E-state index contributed by atoms with van der Waals surface area (Å²) >= 11 is 13.1. The van der Waals surface area contributed by atoms with Gasteiger partial charge in [-0.05, 0) is 58.4 Å². The molecule has 2 heterocycles. The molecular formula is C25H15Cl2NO3S. The van der Waals surface area contributed by atoms with Crippen LogP contribution in [0, 0.1) is 0 Å². The first-order chi connectivity index (χ1) is 15.5. The molecule has 0 radical (unpaired) electrons. The van der Waals surface area contributed by atoms with E-state index in [1.54, 1.807) is 36.4 Å². The Kier molecular flexibility index (Phi) is 5.55. The second-order valence-electron chi connectivity index (χ2n) is 7.23. The van der Waals surface area contributed by atoms with Gasteiger partial charge in [-0.3, -0.25) is 14.5 Å². The first-order valence-corrected chi connectivity index (χ1v) is 11.3. The third-order valence-corrected chi connectivity index (χ3v) is 6.63. The Labute approximate surface area is 198 Å². The Morgan fingerprint density at radius 3 is 2.59 bits per heavy atom. The van der Waals surface area contributed by atoms with Crippen LogP contribution >= 0.6 is 35.0 Å². The summed E-state index contributed by atoms with van der Waals surface area (Å²) < 4.78 is 5.85. The van der Waals surface area contributed by atoms with Crippen LogP contribution in [-0.4, -0.2) is 16.0 Å². The topological polar surface area (TPSA) is 50.5 Å². The summed E-state index contributed by atoms with van der Waals surface area (Å²) in [4.78, 5) is 27.1. The summed E-state index contributed by atoms with van der Waals surface area (Å²) in [6, 6.07) is 22.4.